The number of nitrogens with one attached hydrogen (secondary N) is 2. The van der Waals surface area contributed by atoms with Gasteiger partial charge in [-0.2, -0.15) is 0 Å². The van der Waals surface area contributed by atoms with Crippen molar-refractivity contribution >= 4 is 39.7 Å². The maximum absolute atomic E-state index is 12.3. The number of halogens is 1. The molecular weight excluding hydrogens is 308 g/mol. The average molecular weight is 325 g/mol. The van der Waals surface area contributed by atoms with E-state index in [-0.39, 0.29) is 11.9 Å². The van der Waals surface area contributed by atoms with Gasteiger partial charge in [-0.25, -0.2) is 0 Å². The van der Waals surface area contributed by atoms with Gasteiger partial charge in [-0.3, -0.25) is 10.1 Å². The summed E-state index contributed by atoms with van der Waals surface area (Å²) < 4.78 is 0. The third-order valence-corrected chi connectivity index (χ3v) is 3.99. The summed E-state index contributed by atoms with van der Waals surface area (Å²) in [6, 6.07) is 5.20. The van der Waals surface area contributed by atoms with Crippen LogP contribution in [0.4, 0.5) is 10.8 Å². The minimum Gasteiger partial charge on any atom is -0.373 e. The third-order valence-electron chi connectivity index (χ3n) is 3.00. The first-order valence-electron chi connectivity index (χ1n) is 6.63. The summed E-state index contributed by atoms with van der Waals surface area (Å²) in [5.41, 5.74) is 1.90. The Hall–Kier alpha value is -1.66. The SMILES string of the molecule is CC[C@@H](Nc1ccc(Cl)cc1C)C(=O)Nc1nnc(C)s1. The number of carbonyl (C=O) groups is 1. The smallest absolute Gasteiger partial charge is 0.248 e. The zero-order valence-electron chi connectivity index (χ0n) is 12.1. The molecule has 0 aliphatic carbocycles. The topological polar surface area (TPSA) is 66.9 Å². The van der Waals surface area contributed by atoms with Crippen molar-refractivity contribution in [3.63, 3.8) is 0 Å². The predicted molar refractivity (Wildman–Crippen MR) is 87.2 cm³/mol. The minimum atomic E-state index is -0.339. The van der Waals surface area contributed by atoms with Crippen LogP contribution in [0.15, 0.2) is 18.2 Å². The maximum Gasteiger partial charge on any atom is 0.248 e. The number of hydrogen-bond donors (Lipinski definition) is 2. The van der Waals surface area contributed by atoms with Gasteiger partial charge in [0.2, 0.25) is 11.0 Å². The molecule has 7 heteroatoms. The van der Waals surface area contributed by atoms with Crippen LogP contribution < -0.4 is 10.6 Å². The highest BCUT2D eigenvalue weighted by molar-refractivity contribution is 7.15. The highest BCUT2D eigenvalue weighted by atomic mass is 35.5. The molecule has 0 spiro atoms. The molecular formula is C14H17ClN4OS. The van der Waals surface area contributed by atoms with Gasteiger partial charge in [-0.15, -0.1) is 10.2 Å². The van der Waals surface area contributed by atoms with Crippen molar-refractivity contribution < 1.29 is 4.79 Å². The van der Waals surface area contributed by atoms with Gasteiger partial charge < -0.3 is 5.32 Å². The van der Waals surface area contributed by atoms with Crippen LogP contribution >= 0.6 is 22.9 Å². The van der Waals surface area contributed by atoms with Crippen molar-refractivity contribution in [3.05, 3.63) is 33.8 Å². The lowest BCUT2D eigenvalue weighted by atomic mass is 10.1. The van der Waals surface area contributed by atoms with Crippen LogP contribution in [0.1, 0.15) is 23.9 Å². The fourth-order valence-electron chi connectivity index (χ4n) is 1.87. The molecule has 112 valence electrons. The zero-order valence-corrected chi connectivity index (χ0v) is 13.7. The number of amides is 1. The average Bonchev–Trinajstić information content (AvgIpc) is 2.83. The van der Waals surface area contributed by atoms with Gasteiger partial charge in [-0.05, 0) is 44.0 Å². The number of nitrogens with zero attached hydrogens (tertiary/aromatic N) is 2. The standard InChI is InChI=1S/C14H17ClN4OS/c1-4-11(13(20)17-14-19-18-9(3)21-14)16-12-6-5-10(15)7-8(12)2/h5-7,11,16H,4H2,1-3H3,(H,17,19,20)/t11-/m1/s1. The molecule has 2 rings (SSSR count). The summed E-state index contributed by atoms with van der Waals surface area (Å²) in [4.78, 5) is 12.3. The van der Waals surface area contributed by atoms with E-state index < -0.39 is 0 Å². The van der Waals surface area contributed by atoms with Gasteiger partial charge in [-0.1, -0.05) is 29.9 Å². The molecule has 21 heavy (non-hydrogen) atoms. The molecule has 0 aliphatic rings. The van der Waals surface area contributed by atoms with Crippen LogP contribution in [0, 0.1) is 13.8 Å². The van der Waals surface area contributed by atoms with Crippen LogP contribution in [0.25, 0.3) is 0 Å². The molecule has 2 N–H and O–H groups in total. The van der Waals surface area contributed by atoms with Crippen molar-refractivity contribution in [2.24, 2.45) is 0 Å². The number of hydrogen-bond acceptors (Lipinski definition) is 5. The maximum atomic E-state index is 12.3. The van der Waals surface area contributed by atoms with E-state index in [1.807, 2.05) is 32.9 Å². The Balaban J connectivity index is 2.06. The molecule has 1 atom stereocenters. The predicted octanol–water partition coefficient (Wildman–Crippen LogP) is 3.64. The molecule has 5 nitrogen and oxygen atoms in total. The van der Waals surface area contributed by atoms with E-state index in [2.05, 4.69) is 20.8 Å². The van der Waals surface area contributed by atoms with E-state index in [0.717, 1.165) is 16.3 Å². The number of aromatic nitrogens is 2. The molecule has 0 saturated heterocycles. The molecule has 0 aliphatic heterocycles. The third kappa shape index (κ3) is 4.15. The Morgan fingerprint density at radius 3 is 2.71 bits per heavy atom. The van der Waals surface area contributed by atoms with Crippen LogP contribution in [0.2, 0.25) is 5.02 Å². The number of rotatable bonds is 5. The summed E-state index contributed by atoms with van der Waals surface area (Å²) in [6.45, 7) is 5.75. The molecule has 0 radical (unpaired) electrons. The Morgan fingerprint density at radius 1 is 1.38 bits per heavy atom. The highest BCUT2D eigenvalue weighted by Gasteiger charge is 2.18. The first-order chi connectivity index (χ1) is 9.99. The van der Waals surface area contributed by atoms with Gasteiger partial charge >= 0.3 is 0 Å². The molecule has 1 aromatic carbocycles. The molecule has 2 aromatic rings. The summed E-state index contributed by atoms with van der Waals surface area (Å²) >= 11 is 7.29. The molecule has 0 bridgehead atoms. The van der Waals surface area contributed by atoms with Crippen molar-refractivity contribution in [1.29, 1.82) is 0 Å². The fraction of sp³-hybridized carbons (Fsp3) is 0.357. The fourth-order valence-corrected chi connectivity index (χ4v) is 2.69. The van der Waals surface area contributed by atoms with Crippen molar-refractivity contribution in [2.75, 3.05) is 10.6 Å². The van der Waals surface area contributed by atoms with E-state index in [9.17, 15) is 4.79 Å². The van der Waals surface area contributed by atoms with Crippen LogP contribution in [-0.2, 0) is 4.79 Å². The Morgan fingerprint density at radius 2 is 2.14 bits per heavy atom. The van der Waals surface area contributed by atoms with Gasteiger partial charge in [0.1, 0.15) is 11.0 Å². The van der Waals surface area contributed by atoms with E-state index in [1.165, 1.54) is 11.3 Å². The number of carbonyl (C=O) groups excluding carboxylic acids is 1. The van der Waals surface area contributed by atoms with Gasteiger partial charge in [0.25, 0.3) is 0 Å². The van der Waals surface area contributed by atoms with Crippen LogP contribution in [0.5, 0.6) is 0 Å². The summed E-state index contributed by atoms with van der Waals surface area (Å²) in [5, 5.41) is 15.8. The summed E-state index contributed by atoms with van der Waals surface area (Å²) in [7, 11) is 0. The summed E-state index contributed by atoms with van der Waals surface area (Å²) in [5.74, 6) is -0.122. The Labute approximate surface area is 132 Å². The molecule has 1 amide bonds. The van der Waals surface area contributed by atoms with Gasteiger partial charge in [0.05, 0.1) is 0 Å². The first-order valence-corrected chi connectivity index (χ1v) is 7.82. The zero-order chi connectivity index (χ0) is 15.4. The lowest BCUT2D eigenvalue weighted by Gasteiger charge is -2.18. The molecule has 0 saturated carbocycles. The molecule has 1 aromatic heterocycles. The van der Waals surface area contributed by atoms with Crippen molar-refractivity contribution in [1.82, 2.24) is 10.2 Å². The highest BCUT2D eigenvalue weighted by Crippen LogP contribution is 2.21. The first kappa shape index (κ1) is 15.7. The minimum absolute atomic E-state index is 0.122. The van der Waals surface area contributed by atoms with Gasteiger partial charge in [0, 0.05) is 10.7 Å². The molecule has 0 fully saturated rings. The van der Waals surface area contributed by atoms with E-state index in [4.69, 9.17) is 11.6 Å². The number of anilines is 2. The lowest BCUT2D eigenvalue weighted by Crippen LogP contribution is -2.34. The second-order valence-electron chi connectivity index (χ2n) is 4.68. The normalized spacial score (nSPS) is 12.0. The number of benzene rings is 1. The van der Waals surface area contributed by atoms with E-state index >= 15 is 0 Å². The molecule has 1 heterocycles. The monoisotopic (exact) mass is 324 g/mol. The molecule has 0 unspecified atom stereocenters. The largest absolute Gasteiger partial charge is 0.373 e. The van der Waals surface area contributed by atoms with Crippen molar-refractivity contribution in [2.45, 2.75) is 33.2 Å². The van der Waals surface area contributed by atoms with E-state index in [1.54, 1.807) is 6.07 Å². The second kappa shape index (κ2) is 6.87. The van der Waals surface area contributed by atoms with Gasteiger partial charge in [0.15, 0.2) is 0 Å². The van der Waals surface area contributed by atoms with E-state index in [0.29, 0.717) is 16.6 Å². The van der Waals surface area contributed by atoms with Crippen LogP contribution in [0.3, 0.4) is 0 Å². The number of aryl methyl sites for hydroxylation is 2. The quantitative estimate of drug-likeness (QED) is 0.881. The van der Waals surface area contributed by atoms with Crippen molar-refractivity contribution in [3.8, 4) is 0 Å². The van der Waals surface area contributed by atoms with Crippen LogP contribution in [-0.4, -0.2) is 22.1 Å². The Bertz CT molecular complexity index is 644. The lowest BCUT2D eigenvalue weighted by molar-refractivity contribution is -0.117. The summed E-state index contributed by atoms with van der Waals surface area (Å²) in [6.07, 6.45) is 0.658. The Kier molecular flexibility index (Phi) is 5.14. The second-order valence-corrected chi connectivity index (χ2v) is 6.30.